The van der Waals surface area contributed by atoms with Crippen LogP contribution in [-0.2, 0) is 18.2 Å². The number of ether oxygens (including phenoxy) is 1. The monoisotopic (exact) mass is 259 g/mol. The van der Waals surface area contributed by atoms with Gasteiger partial charge in [-0.3, -0.25) is 4.68 Å². The molecule has 0 aliphatic carbocycles. The van der Waals surface area contributed by atoms with Gasteiger partial charge in [0.2, 0.25) is 0 Å². The lowest BCUT2D eigenvalue weighted by Gasteiger charge is -2.16. The maximum atomic E-state index is 6.20. The molecule has 1 unspecified atom stereocenters. The number of halogens is 1. The average molecular weight is 260 g/mol. The highest BCUT2D eigenvalue weighted by atomic mass is 35.5. The van der Waals surface area contributed by atoms with E-state index in [2.05, 4.69) is 17.3 Å². The standard InChI is InChI=1S/C12H22ClN3O/c1-5-14-10(8-17-4)6-7-11-9(2)15-16(3)12(11)13/h10,14H,5-8H2,1-4H3. The molecule has 1 aromatic rings. The Labute approximate surface area is 108 Å². The molecule has 0 spiro atoms. The number of nitrogens with zero attached hydrogens (tertiary/aromatic N) is 2. The number of hydrogen-bond acceptors (Lipinski definition) is 3. The second-order valence-electron chi connectivity index (χ2n) is 4.23. The third kappa shape index (κ3) is 3.98. The van der Waals surface area contributed by atoms with Crippen LogP contribution in [0.4, 0.5) is 0 Å². The van der Waals surface area contributed by atoms with Crippen LogP contribution in [0.5, 0.6) is 0 Å². The van der Waals surface area contributed by atoms with Crippen LogP contribution in [0.1, 0.15) is 24.6 Å². The fourth-order valence-corrected chi connectivity index (χ4v) is 2.28. The van der Waals surface area contributed by atoms with Gasteiger partial charge in [-0.2, -0.15) is 5.10 Å². The molecule has 0 aliphatic rings. The van der Waals surface area contributed by atoms with E-state index in [9.17, 15) is 0 Å². The molecule has 0 aromatic carbocycles. The largest absolute Gasteiger partial charge is 0.383 e. The summed E-state index contributed by atoms with van der Waals surface area (Å²) in [6.45, 7) is 5.78. The minimum absolute atomic E-state index is 0.376. The molecule has 98 valence electrons. The van der Waals surface area contributed by atoms with Crippen LogP contribution in [0.25, 0.3) is 0 Å². The third-order valence-corrected chi connectivity index (χ3v) is 3.35. The van der Waals surface area contributed by atoms with Crippen molar-refractivity contribution < 1.29 is 4.74 Å². The molecule has 0 saturated carbocycles. The predicted molar refractivity (Wildman–Crippen MR) is 70.6 cm³/mol. The highest BCUT2D eigenvalue weighted by Gasteiger charge is 2.14. The molecule has 0 fully saturated rings. The first-order valence-corrected chi connectivity index (χ1v) is 6.38. The molecule has 4 nitrogen and oxygen atoms in total. The van der Waals surface area contributed by atoms with Crippen LogP contribution in [0.3, 0.4) is 0 Å². The number of rotatable bonds is 7. The predicted octanol–water partition coefficient (Wildman–Crippen LogP) is 1.94. The SMILES string of the molecule is CCNC(CCc1c(C)nn(C)c1Cl)COC. The summed E-state index contributed by atoms with van der Waals surface area (Å²) in [7, 11) is 3.60. The summed E-state index contributed by atoms with van der Waals surface area (Å²) >= 11 is 6.20. The van der Waals surface area contributed by atoms with E-state index in [4.69, 9.17) is 16.3 Å². The van der Waals surface area contributed by atoms with E-state index < -0.39 is 0 Å². The minimum Gasteiger partial charge on any atom is -0.383 e. The molecule has 1 N–H and O–H groups in total. The van der Waals surface area contributed by atoms with Gasteiger partial charge in [0, 0.05) is 25.8 Å². The zero-order valence-electron chi connectivity index (χ0n) is 11.1. The lowest BCUT2D eigenvalue weighted by atomic mass is 10.1. The summed E-state index contributed by atoms with van der Waals surface area (Å²) < 4.78 is 6.92. The van der Waals surface area contributed by atoms with Crippen molar-refractivity contribution in [3.05, 3.63) is 16.4 Å². The fourth-order valence-electron chi connectivity index (χ4n) is 2.01. The van der Waals surface area contributed by atoms with Crippen molar-refractivity contribution in [2.45, 2.75) is 32.7 Å². The topological polar surface area (TPSA) is 39.1 Å². The molecule has 0 bridgehead atoms. The van der Waals surface area contributed by atoms with Crippen molar-refractivity contribution in [3.63, 3.8) is 0 Å². The van der Waals surface area contributed by atoms with E-state index in [0.717, 1.165) is 42.4 Å². The van der Waals surface area contributed by atoms with Gasteiger partial charge in [-0.05, 0) is 26.3 Å². The molecule has 1 atom stereocenters. The number of hydrogen-bond donors (Lipinski definition) is 1. The molecule has 17 heavy (non-hydrogen) atoms. The first-order chi connectivity index (χ1) is 8.10. The summed E-state index contributed by atoms with van der Waals surface area (Å²) in [6.07, 6.45) is 1.94. The van der Waals surface area contributed by atoms with Crippen LogP contribution in [0, 0.1) is 6.92 Å². The van der Waals surface area contributed by atoms with Gasteiger partial charge in [0.05, 0.1) is 12.3 Å². The summed E-state index contributed by atoms with van der Waals surface area (Å²) in [4.78, 5) is 0. The fraction of sp³-hybridized carbons (Fsp3) is 0.750. The quantitative estimate of drug-likeness (QED) is 0.814. The van der Waals surface area contributed by atoms with E-state index in [1.807, 2.05) is 14.0 Å². The van der Waals surface area contributed by atoms with E-state index in [1.165, 1.54) is 0 Å². The maximum Gasteiger partial charge on any atom is 0.130 e. The number of likely N-dealkylation sites (N-methyl/N-ethyl adjacent to an activating group) is 1. The summed E-state index contributed by atoms with van der Waals surface area (Å²) in [6, 6.07) is 0.376. The van der Waals surface area contributed by atoms with Gasteiger partial charge in [-0.25, -0.2) is 0 Å². The first kappa shape index (κ1) is 14.5. The Morgan fingerprint density at radius 1 is 1.53 bits per heavy atom. The van der Waals surface area contributed by atoms with Crippen LogP contribution in [0.2, 0.25) is 5.15 Å². The van der Waals surface area contributed by atoms with Gasteiger partial charge in [-0.1, -0.05) is 18.5 Å². The summed E-state index contributed by atoms with van der Waals surface area (Å²) in [5.74, 6) is 0. The van der Waals surface area contributed by atoms with Crippen molar-refractivity contribution in [1.29, 1.82) is 0 Å². The smallest absolute Gasteiger partial charge is 0.130 e. The third-order valence-electron chi connectivity index (χ3n) is 2.87. The molecular formula is C12H22ClN3O. The van der Waals surface area contributed by atoms with Crippen molar-refractivity contribution in [2.75, 3.05) is 20.3 Å². The second-order valence-corrected chi connectivity index (χ2v) is 4.59. The maximum absolute atomic E-state index is 6.20. The Morgan fingerprint density at radius 3 is 2.71 bits per heavy atom. The molecule has 1 aromatic heterocycles. The van der Waals surface area contributed by atoms with Gasteiger partial charge in [-0.15, -0.1) is 0 Å². The van der Waals surface area contributed by atoms with Crippen LogP contribution < -0.4 is 5.32 Å². The van der Waals surface area contributed by atoms with Gasteiger partial charge < -0.3 is 10.1 Å². The molecule has 1 rings (SSSR count). The highest BCUT2D eigenvalue weighted by Crippen LogP contribution is 2.20. The normalized spacial score (nSPS) is 13.0. The van der Waals surface area contributed by atoms with E-state index in [0.29, 0.717) is 6.04 Å². The molecular weight excluding hydrogens is 238 g/mol. The van der Waals surface area contributed by atoms with Crippen LogP contribution >= 0.6 is 11.6 Å². The van der Waals surface area contributed by atoms with E-state index >= 15 is 0 Å². The highest BCUT2D eigenvalue weighted by molar-refractivity contribution is 6.30. The van der Waals surface area contributed by atoms with Gasteiger partial charge >= 0.3 is 0 Å². The van der Waals surface area contributed by atoms with Crippen molar-refractivity contribution in [2.24, 2.45) is 7.05 Å². The first-order valence-electron chi connectivity index (χ1n) is 6.00. The Balaban J connectivity index is 2.58. The number of aromatic nitrogens is 2. The molecule has 5 heteroatoms. The van der Waals surface area contributed by atoms with Crippen LogP contribution in [-0.4, -0.2) is 36.1 Å². The Bertz CT molecular complexity index is 346. The number of nitrogens with one attached hydrogen (secondary N) is 1. The van der Waals surface area contributed by atoms with Crippen molar-refractivity contribution >= 4 is 11.6 Å². The zero-order valence-corrected chi connectivity index (χ0v) is 11.8. The number of methoxy groups -OCH3 is 1. The molecule has 1 heterocycles. The van der Waals surface area contributed by atoms with Crippen molar-refractivity contribution in [3.8, 4) is 0 Å². The van der Waals surface area contributed by atoms with E-state index in [1.54, 1.807) is 11.8 Å². The zero-order chi connectivity index (χ0) is 12.8. The lowest BCUT2D eigenvalue weighted by molar-refractivity contribution is 0.163. The Hall–Kier alpha value is -0.580. The van der Waals surface area contributed by atoms with Crippen molar-refractivity contribution in [1.82, 2.24) is 15.1 Å². The second kappa shape index (κ2) is 6.99. The van der Waals surface area contributed by atoms with Gasteiger partial charge in [0.1, 0.15) is 5.15 Å². The average Bonchev–Trinajstić information content (AvgIpc) is 2.51. The lowest BCUT2D eigenvalue weighted by Crippen LogP contribution is -2.33. The minimum atomic E-state index is 0.376. The molecule has 0 aliphatic heterocycles. The van der Waals surface area contributed by atoms with E-state index in [-0.39, 0.29) is 0 Å². The van der Waals surface area contributed by atoms with Gasteiger partial charge in [0.25, 0.3) is 0 Å². The molecule has 0 saturated heterocycles. The summed E-state index contributed by atoms with van der Waals surface area (Å²) in [5, 5.41) is 8.46. The Kier molecular flexibility index (Phi) is 5.95. The molecule has 0 radical (unpaired) electrons. The molecule has 0 amide bonds. The van der Waals surface area contributed by atoms with Gasteiger partial charge in [0.15, 0.2) is 0 Å². The Morgan fingerprint density at radius 2 is 2.24 bits per heavy atom. The number of aryl methyl sites for hydroxylation is 2. The summed E-state index contributed by atoms with van der Waals surface area (Å²) in [5.41, 5.74) is 2.17. The van der Waals surface area contributed by atoms with Crippen LogP contribution in [0.15, 0.2) is 0 Å².